The second kappa shape index (κ2) is 5.26. The molecule has 7 heteroatoms. The van der Waals surface area contributed by atoms with Gasteiger partial charge in [0.25, 0.3) is 0 Å². The Hall–Kier alpha value is -1.76. The van der Waals surface area contributed by atoms with Gasteiger partial charge in [-0.3, -0.25) is 0 Å². The topological polar surface area (TPSA) is 84.8 Å². The Morgan fingerprint density at radius 2 is 1.89 bits per heavy atom. The summed E-state index contributed by atoms with van der Waals surface area (Å²) in [5, 5.41) is 10.9. The average Bonchev–Trinajstić information content (AvgIpc) is 2.33. The molecule has 0 aliphatic heterocycles. The third kappa shape index (κ3) is 3.63. The first-order chi connectivity index (χ1) is 8.54. The summed E-state index contributed by atoms with van der Waals surface area (Å²) in [6.07, 6.45) is 1.75. The lowest BCUT2D eigenvalue weighted by Gasteiger charge is -2.04. The van der Waals surface area contributed by atoms with E-state index in [2.05, 4.69) is 20.5 Å². The van der Waals surface area contributed by atoms with Crippen molar-refractivity contribution in [3.05, 3.63) is 24.3 Å². The molecule has 18 heavy (non-hydrogen) atoms. The molecule has 1 heterocycles. The number of anilines is 1. The van der Waals surface area contributed by atoms with E-state index in [0.29, 0.717) is 18.9 Å². The molecule has 0 bridgehead atoms. The van der Waals surface area contributed by atoms with Crippen molar-refractivity contribution in [3.63, 3.8) is 0 Å². The maximum absolute atomic E-state index is 10.9. The van der Waals surface area contributed by atoms with E-state index in [1.807, 2.05) is 24.3 Å². The molecule has 0 radical (unpaired) electrons. The highest BCUT2D eigenvalue weighted by molar-refractivity contribution is 7.90. The standard InChI is InChI=1S/C11H14N4O2S/c1-18(16,17)8-4-7-12-11-13-9-5-2-3-6-10(9)14-15-11/h2-3,5-6H,4,7-8H2,1H3,(H,12,13,15). The van der Waals surface area contributed by atoms with Gasteiger partial charge in [-0.25, -0.2) is 13.4 Å². The summed E-state index contributed by atoms with van der Waals surface area (Å²) in [4.78, 5) is 4.28. The third-order valence-electron chi connectivity index (χ3n) is 2.34. The molecule has 1 aromatic heterocycles. The zero-order valence-corrected chi connectivity index (χ0v) is 10.8. The highest BCUT2D eigenvalue weighted by Crippen LogP contribution is 2.08. The number of rotatable bonds is 5. The Labute approximate surface area is 105 Å². The fraction of sp³-hybridized carbons (Fsp3) is 0.364. The Bertz CT molecular complexity index is 642. The second-order valence-electron chi connectivity index (χ2n) is 4.03. The molecule has 0 saturated heterocycles. The summed E-state index contributed by atoms with van der Waals surface area (Å²) < 4.78 is 21.9. The van der Waals surface area contributed by atoms with Crippen LogP contribution in [-0.2, 0) is 9.84 Å². The summed E-state index contributed by atoms with van der Waals surface area (Å²) in [6.45, 7) is 0.507. The highest BCUT2D eigenvalue weighted by Gasteiger charge is 2.03. The van der Waals surface area contributed by atoms with E-state index in [1.54, 1.807) is 0 Å². The van der Waals surface area contributed by atoms with Crippen LogP contribution in [0.1, 0.15) is 6.42 Å². The van der Waals surface area contributed by atoms with Crippen LogP contribution < -0.4 is 5.32 Å². The SMILES string of the molecule is CS(=O)(=O)CCCNc1nnc2ccccc2n1. The molecule has 2 aromatic rings. The molecule has 96 valence electrons. The van der Waals surface area contributed by atoms with Gasteiger partial charge in [-0.05, 0) is 18.6 Å². The molecule has 0 aliphatic rings. The molecule has 0 unspecified atom stereocenters. The van der Waals surface area contributed by atoms with Crippen molar-refractivity contribution in [1.29, 1.82) is 0 Å². The number of nitrogens with zero attached hydrogens (tertiary/aromatic N) is 3. The lowest BCUT2D eigenvalue weighted by atomic mass is 10.3. The number of aromatic nitrogens is 3. The Morgan fingerprint density at radius 1 is 1.17 bits per heavy atom. The zero-order chi connectivity index (χ0) is 13.0. The number of benzene rings is 1. The van der Waals surface area contributed by atoms with Gasteiger partial charge in [-0.15, -0.1) is 10.2 Å². The molecule has 0 saturated carbocycles. The minimum Gasteiger partial charge on any atom is -0.353 e. The lowest BCUT2D eigenvalue weighted by molar-refractivity contribution is 0.600. The number of hydrogen-bond acceptors (Lipinski definition) is 6. The number of fused-ring (bicyclic) bond motifs is 1. The van der Waals surface area contributed by atoms with Gasteiger partial charge in [0.05, 0.1) is 11.3 Å². The summed E-state index contributed by atoms with van der Waals surface area (Å²) in [5.74, 6) is 0.572. The normalized spacial score (nSPS) is 11.6. The molecule has 0 spiro atoms. The number of sulfone groups is 1. The minimum atomic E-state index is -2.91. The van der Waals surface area contributed by atoms with Crippen LogP contribution in [0.4, 0.5) is 5.95 Å². The number of para-hydroxylation sites is 1. The minimum absolute atomic E-state index is 0.154. The van der Waals surface area contributed by atoms with E-state index < -0.39 is 9.84 Å². The van der Waals surface area contributed by atoms with Gasteiger partial charge in [0.15, 0.2) is 0 Å². The van der Waals surface area contributed by atoms with Crippen LogP contribution in [0.2, 0.25) is 0 Å². The average molecular weight is 266 g/mol. The van der Waals surface area contributed by atoms with Crippen LogP contribution >= 0.6 is 0 Å². The van der Waals surface area contributed by atoms with Crippen LogP contribution in [0.25, 0.3) is 11.0 Å². The molecule has 2 rings (SSSR count). The molecule has 0 amide bonds. The van der Waals surface area contributed by atoms with Gasteiger partial charge in [0.1, 0.15) is 15.4 Å². The van der Waals surface area contributed by atoms with E-state index >= 15 is 0 Å². The van der Waals surface area contributed by atoms with Crippen molar-refractivity contribution in [2.75, 3.05) is 23.9 Å². The number of hydrogen-bond donors (Lipinski definition) is 1. The van der Waals surface area contributed by atoms with Gasteiger partial charge >= 0.3 is 0 Å². The second-order valence-corrected chi connectivity index (χ2v) is 6.29. The predicted molar refractivity (Wildman–Crippen MR) is 70.2 cm³/mol. The van der Waals surface area contributed by atoms with Crippen molar-refractivity contribution < 1.29 is 8.42 Å². The summed E-state index contributed by atoms with van der Waals surface area (Å²) in [5.41, 5.74) is 1.50. The van der Waals surface area contributed by atoms with Gasteiger partial charge in [0, 0.05) is 12.8 Å². The predicted octanol–water partition coefficient (Wildman–Crippen LogP) is 0.871. The largest absolute Gasteiger partial charge is 0.353 e. The van der Waals surface area contributed by atoms with Crippen molar-refractivity contribution in [3.8, 4) is 0 Å². The fourth-order valence-corrected chi connectivity index (χ4v) is 2.16. The van der Waals surface area contributed by atoms with Gasteiger partial charge < -0.3 is 5.32 Å². The van der Waals surface area contributed by atoms with Crippen LogP contribution in [-0.4, -0.2) is 42.2 Å². The summed E-state index contributed by atoms with van der Waals surface area (Å²) in [6, 6.07) is 7.44. The molecule has 0 atom stereocenters. The van der Waals surface area contributed by atoms with E-state index in [0.717, 1.165) is 11.0 Å². The fourth-order valence-electron chi connectivity index (χ4n) is 1.49. The molecule has 6 nitrogen and oxygen atoms in total. The molecule has 1 aromatic carbocycles. The quantitative estimate of drug-likeness (QED) is 0.808. The van der Waals surface area contributed by atoms with Crippen molar-refractivity contribution in [2.24, 2.45) is 0 Å². The smallest absolute Gasteiger partial charge is 0.243 e. The van der Waals surface area contributed by atoms with Crippen LogP contribution in [0.3, 0.4) is 0 Å². The molecular weight excluding hydrogens is 252 g/mol. The summed E-state index contributed by atoms with van der Waals surface area (Å²) >= 11 is 0. The Morgan fingerprint density at radius 3 is 2.61 bits per heavy atom. The van der Waals surface area contributed by atoms with E-state index in [-0.39, 0.29) is 5.75 Å². The van der Waals surface area contributed by atoms with Crippen LogP contribution in [0.15, 0.2) is 24.3 Å². The van der Waals surface area contributed by atoms with E-state index in [1.165, 1.54) is 6.26 Å². The first kappa shape index (κ1) is 12.7. The monoisotopic (exact) mass is 266 g/mol. The Kier molecular flexibility index (Phi) is 3.71. The molecular formula is C11H14N4O2S. The highest BCUT2D eigenvalue weighted by atomic mass is 32.2. The lowest BCUT2D eigenvalue weighted by Crippen LogP contribution is -2.11. The van der Waals surface area contributed by atoms with Crippen molar-refractivity contribution in [1.82, 2.24) is 15.2 Å². The first-order valence-corrected chi connectivity index (χ1v) is 7.62. The molecule has 0 fully saturated rings. The maximum atomic E-state index is 10.9. The Balaban J connectivity index is 1.96. The third-order valence-corrected chi connectivity index (χ3v) is 3.37. The summed E-state index contributed by atoms with van der Waals surface area (Å²) in [7, 11) is -2.91. The van der Waals surface area contributed by atoms with Gasteiger partial charge in [0.2, 0.25) is 5.95 Å². The number of nitrogens with one attached hydrogen (secondary N) is 1. The van der Waals surface area contributed by atoms with Crippen LogP contribution in [0, 0.1) is 0 Å². The van der Waals surface area contributed by atoms with Gasteiger partial charge in [-0.2, -0.15) is 0 Å². The van der Waals surface area contributed by atoms with E-state index in [9.17, 15) is 8.42 Å². The van der Waals surface area contributed by atoms with Crippen molar-refractivity contribution >= 4 is 26.8 Å². The zero-order valence-electron chi connectivity index (χ0n) is 10.00. The first-order valence-electron chi connectivity index (χ1n) is 5.56. The molecule has 0 aliphatic carbocycles. The van der Waals surface area contributed by atoms with Crippen LogP contribution in [0.5, 0.6) is 0 Å². The van der Waals surface area contributed by atoms with E-state index in [4.69, 9.17) is 0 Å². The van der Waals surface area contributed by atoms with Crippen molar-refractivity contribution in [2.45, 2.75) is 6.42 Å². The maximum Gasteiger partial charge on any atom is 0.243 e. The molecule has 1 N–H and O–H groups in total. The van der Waals surface area contributed by atoms with Gasteiger partial charge in [-0.1, -0.05) is 12.1 Å².